The molecule has 0 N–H and O–H groups in total. The molecule has 0 saturated carbocycles. The molecule has 1 aromatic carbocycles. The van der Waals surface area contributed by atoms with Crippen LogP contribution in [0.25, 0.3) is 11.4 Å². The Labute approximate surface area is 113 Å². The van der Waals surface area contributed by atoms with E-state index in [4.69, 9.17) is 4.74 Å². The summed E-state index contributed by atoms with van der Waals surface area (Å²) in [4.78, 5) is 4.56. The maximum absolute atomic E-state index is 5.97. The second-order valence-electron chi connectivity index (χ2n) is 5.70. The highest BCUT2D eigenvalue weighted by Gasteiger charge is 2.42. The van der Waals surface area contributed by atoms with Gasteiger partial charge in [-0.25, -0.2) is 4.98 Å². The normalized spacial score (nSPS) is 29.0. The molecule has 19 heavy (non-hydrogen) atoms. The van der Waals surface area contributed by atoms with Gasteiger partial charge in [0.2, 0.25) is 0 Å². The third-order valence-corrected chi connectivity index (χ3v) is 4.38. The van der Waals surface area contributed by atoms with E-state index in [1.54, 1.807) is 0 Å². The van der Waals surface area contributed by atoms with Crippen molar-refractivity contribution in [2.45, 2.75) is 44.4 Å². The van der Waals surface area contributed by atoms with Gasteiger partial charge in [0.05, 0.1) is 18.2 Å². The lowest BCUT2D eigenvalue weighted by Gasteiger charge is -2.22. The fourth-order valence-electron chi connectivity index (χ4n) is 3.49. The molecule has 3 nitrogen and oxygen atoms in total. The number of imidazole rings is 1. The maximum Gasteiger partial charge on any atom is 0.140 e. The van der Waals surface area contributed by atoms with Crippen LogP contribution in [0, 0.1) is 6.92 Å². The average Bonchev–Trinajstić information content (AvgIpc) is 3.14. The maximum atomic E-state index is 5.97. The summed E-state index contributed by atoms with van der Waals surface area (Å²) in [6, 6.07) is 9.03. The minimum absolute atomic E-state index is 0.391. The molecule has 2 aromatic rings. The van der Waals surface area contributed by atoms with Crippen molar-refractivity contribution >= 4 is 0 Å². The average molecular weight is 254 g/mol. The number of ether oxygens (including phenoxy) is 1. The first-order valence-corrected chi connectivity index (χ1v) is 7.06. The largest absolute Gasteiger partial charge is 0.373 e. The Morgan fingerprint density at radius 2 is 2.26 bits per heavy atom. The minimum atomic E-state index is 0.391. The number of fused-ring (bicyclic) bond motifs is 2. The summed E-state index contributed by atoms with van der Waals surface area (Å²) in [5.41, 5.74) is 2.48. The highest BCUT2D eigenvalue weighted by Crippen LogP contribution is 2.42. The molecule has 3 atom stereocenters. The highest BCUT2D eigenvalue weighted by molar-refractivity contribution is 5.56. The molecule has 2 aliphatic rings. The van der Waals surface area contributed by atoms with E-state index in [2.05, 4.69) is 46.9 Å². The zero-order chi connectivity index (χ0) is 12.8. The van der Waals surface area contributed by atoms with E-state index in [-0.39, 0.29) is 0 Å². The van der Waals surface area contributed by atoms with Gasteiger partial charge >= 0.3 is 0 Å². The van der Waals surface area contributed by atoms with Crippen molar-refractivity contribution in [2.24, 2.45) is 0 Å². The van der Waals surface area contributed by atoms with E-state index >= 15 is 0 Å². The van der Waals surface area contributed by atoms with Crippen LogP contribution in [0.3, 0.4) is 0 Å². The lowest BCUT2D eigenvalue weighted by molar-refractivity contribution is 0.0940. The van der Waals surface area contributed by atoms with Crippen LogP contribution in [0.15, 0.2) is 36.7 Å². The Hall–Kier alpha value is -1.61. The first-order valence-electron chi connectivity index (χ1n) is 7.06. The summed E-state index contributed by atoms with van der Waals surface area (Å²) in [5, 5.41) is 0. The van der Waals surface area contributed by atoms with Crippen molar-refractivity contribution in [3.05, 3.63) is 42.2 Å². The second kappa shape index (κ2) is 4.20. The molecule has 0 spiro atoms. The fourth-order valence-corrected chi connectivity index (χ4v) is 3.49. The van der Waals surface area contributed by atoms with E-state index < -0.39 is 0 Å². The summed E-state index contributed by atoms with van der Waals surface area (Å²) in [7, 11) is 0. The van der Waals surface area contributed by atoms with Crippen LogP contribution < -0.4 is 0 Å². The Morgan fingerprint density at radius 3 is 3.00 bits per heavy atom. The molecule has 4 rings (SSSR count). The van der Waals surface area contributed by atoms with Gasteiger partial charge in [0.25, 0.3) is 0 Å². The van der Waals surface area contributed by atoms with Crippen LogP contribution in [-0.4, -0.2) is 21.8 Å². The van der Waals surface area contributed by atoms with Gasteiger partial charge in [-0.2, -0.15) is 0 Å². The van der Waals surface area contributed by atoms with E-state index in [1.165, 1.54) is 24.0 Å². The van der Waals surface area contributed by atoms with Crippen molar-refractivity contribution in [1.29, 1.82) is 0 Å². The number of hydrogen-bond acceptors (Lipinski definition) is 2. The Kier molecular flexibility index (Phi) is 2.49. The van der Waals surface area contributed by atoms with Crippen molar-refractivity contribution in [2.75, 3.05) is 0 Å². The molecular formula is C16H18N2O. The summed E-state index contributed by atoms with van der Waals surface area (Å²) in [6.07, 6.45) is 8.44. The molecule has 1 aromatic heterocycles. The molecule has 0 amide bonds. The predicted molar refractivity (Wildman–Crippen MR) is 73.9 cm³/mol. The van der Waals surface area contributed by atoms with Gasteiger partial charge < -0.3 is 9.30 Å². The number of aryl methyl sites for hydroxylation is 1. The summed E-state index contributed by atoms with van der Waals surface area (Å²) in [5.74, 6) is 1.07. The van der Waals surface area contributed by atoms with Crippen molar-refractivity contribution in [3.8, 4) is 11.4 Å². The number of aromatic nitrogens is 2. The van der Waals surface area contributed by atoms with Crippen LogP contribution in [0.2, 0.25) is 0 Å². The van der Waals surface area contributed by atoms with Gasteiger partial charge in [-0.15, -0.1) is 0 Å². The standard InChI is InChI=1S/C16H18N2O/c1-11-3-2-4-12(9-11)16-17-7-8-18(16)14-10-13-5-6-15(14)19-13/h2-4,7-9,13-15H,5-6,10H2,1H3/t13-,14+,15+/m0/s1. The molecular weight excluding hydrogens is 236 g/mol. The Morgan fingerprint density at radius 1 is 1.32 bits per heavy atom. The first-order chi connectivity index (χ1) is 9.31. The number of nitrogens with zero attached hydrogens (tertiary/aromatic N) is 2. The third kappa shape index (κ3) is 1.80. The molecule has 3 heteroatoms. The van der Waals surface area contributed by atoms with Gasteiger partial charge in [0, 0.05) is 18.0 Å². The monoisotopic (exact) mass is 254 g/mol. The van der Waals surface area contributed by atoms with Gasteiger partial charge in [-0.05, 0) is 32.3 Å². The van der Waals surface area contributed by atoms with Gasteiger partial charge in [-0.1, -0.05) is 23.8 Å². The summed E-state index contributed by atoms with van der Waals surface area (Å²) < 4.78 is 8.29. The van der Waals surface area contributed by atoms with Crippen molar-refractivity contribution < 1.29 is 4.74 Å². The van der Waals surface area contributed by atoms with Crippen LogP contribution in [0.5, 0.6) is 0 Å². The topological polar surface area (TPSA) is 27.1 Å². The lowest BCUT2D eigenvalue weighted by Crippen LogP contribution is -2.21. The Balaban J connectivity index is 1.73. The molecule has 0 unspecified atom stereocenters. The number of hydrogen-bond donors (Lipinski definition) is 0. The molecule has 0 aliphatic carbocycles. The SMILES string of the molecule is Cc1cccc(-c2nccn2[C@@H]2C[C@@H]3CC[C@H]2O3)c1. The van der Waals surface area contributed by atoms with Crippen molar-refractivity contribution in [3.63, 3.8) is 0 Å². The van der Waals surface area contributed by atoms with Crippen LogP contribution in [0.1, 0.15) is 30.9 Å². The predicted octanol–water partition coefficient (Wildman–Crippen LogP) is 3.35. The molecule has 2 bridgehead atoms. The van der Waals surface area contributed by atoms with E-state index in [0.29, 0.717) is 18.2 Å². The summed E-state index contributed by atoms with van der Waals surface area (Å²) in [6.45, 7) is 2.12. The Bertz CT molecular complexity index is 604. The van der Waals surface area contributed by atoms with E-state index in [0.717, 1.165) is 12.2 Å². The third-order valence-electron chi connectivity index (χ3n) is 4.38. The molecule has 2 aliphatic heterocycles. The minimum Gasteiger partial charge on any atom is -0.373 e. The quantitative estimate of drug-likeness (QED) is 0.821. The van der Waals surface area contributed by atoms with Crippen LogP contribution >= 0.6 is 0 Å². The lowest BCUT2D eigenvalue weighted by atomic mass is 9.95. The number of rotatable bonds is 2. The van der Waals surface area contributed by atoms with Gasteiger partial charge in [0.1, 0.15) is 5.82 Å². The van der Waals surface area contributed by atoms with Gasteiger partial charge in [0.15, 0.2) is 0 Å². The number of benzene rings is 1. The van der Waals surface area contributed by atoms with Crippen LogP contribution in [0.4, 0.5) is 0 Å². The van der Waals surface area contributed by atoms with Crippen molar-refractivity contribution in [1.82, 2.24) is 9.55 Å². The van der Waals surface area contributed by atoms with Gasteiger partial charge in [-0.3, -0.25) is 0 Å². The highest BCUT2D eigenvalue weighted by atomic mass is 16.5. The smallest absolute Gasteiger partial charge is 0.140 e. The summed E-state index contributed by atoms with van der Waals surface area (Å²) >= 11 is 0. The molecule has 2 fully saturated rings. The first kappa shape index (κ1) is 11.2. The molecule has 98 valence electrons. The zero-order valence-electron chi connectivity index (χ0n) is 11.1. The molecule has 2 saturated heterocycles. The molecule has 0 radical (unpaired) electrons. The van der Waals surface area contributed by atoms with Crippen LogP contribution in [-0.2, 0) is 4.74 Å². The fraction of sp³-hybridized carbons (Fsp3) is 0.438. The molecule has 3 heterocycles. The van der Waals surface area contributed by atoms with E-state index in [9.17, 15) is 0 Å². The zero-order valence-corrected chi connectivity index (χ0v) is 11.1. The van der Waals surface area contributed by atoms with E-state index in [1.807, 2.05) is 6.20 Å². The second-order valence-corrected chi connectivity index (χ2v) is 5.70.